The second kappa shape index (κ2) is 7.04. The van der Waals surface area contributed by atoms with Crippen molar-refractivity contribution in [1.82, 2.24) is 4.90 Å². The maximum atomic E-state index is 13.2. The van der Waals surface area contributed by atoms with E-state index in [2.05, 4.69) is 9.64 Å². The van der Waals surface area contributed by atoms with Gasteiger partial charge in [0.1, 0.15) is 5.82 Å². The summed E-state index contributed by atoms with van der Waals surface area (Å²) in [5.74, 6) is -0.519. The molecule has 0 N–H and O–H groups in total. The molecule has 0 aliphatic rings. The van der Waals surface area contributed by atoms with Gasteiger partial charge in [-0.25, -0.2) is 9.18 Å². The van der Waals surface area contributed by atoms with Crippen LogP contribution >= 0.6 is 0 Å². The quantitative estimate of drug-likeness (QED) is 0.766. The lowest BCUT2D eigenvalue weighted by atomic mass is 10.2. The summed E-state index contributed by atoms with van der Waals surface area (Å²) in [5.41, 5.74) is 1.65. The Balaban J connectivity index is 2.09. The smallest absolute Gasteiger partial charge is 0.374 e. The van der Waals surface area contributed by atoms with Crippen LogP contribution in [-0.4, -0.2) is 24.5 Å². The van der Waals surface area contributed by atoms with Crippen LogP contribution in [0.25, 0.3) is 0 Å². The standard InChI is InChI=1S/C16H18FNO3/c1-3-18(10-12-5-4-6-14(17)9-12)11-13-7-8-21-15(13)16(19)20-2/h4-9H,3,10-11H2,1-2H3. The van der Waals surface area contributed by atoms with E-state index in [1.807, 2.05) is 13.0 Å². The molecule has 112 valence electrons. The molecule has 0 amide bonds. The zero-order valence-electron chi connectivity index (χ0n) is 12.1. The van der Waals surface area contributed by atoms with Gasteiger partial charge in [-0.15, -0.1) is 0 Å². The number of rotatable bonds is 6. The first-order valence-corrected chi connectivity index (χ1v) is 6.75. The number of esters is 1. The molecule has 2 aromatic rings. The van der Waals surface area contributed by atoms with Gasteiger partial charge >= 0.3 is 5.97 Å². The van der Waals surface area contributed by atoms with Crippen LogP contribution in [0.1, 0.15) is 28.6 Å². The Morgan fingerprint density at radius 3 is 2.81 bits per heavy atom. The molecule has 0 bridgehead atoms. The summed E-state index contributed by atoms with van der Waals surface area (Å²) in [5, 5.41) is 0. The fraction of sp³-hybridized carbons (Fsp3) is 0.312. The SMILES string of the molecule is CCN(Cc1cccc(F)c1)Cc1ccoc1C(=O)OC. The third-order valence-corrected chi connectivity index (χ3v) is 3.25. The van der Waals surface area contributed by atoms with E-state index < -0.39 is 5.97 Å². The number of nitrogens with zero attached hydrogens (tertiary/aromatic N) is 1. The Bertz CT molecular complexity index is 609. The Morgan fingerprint density at radius 1 is 1.33 bits per heavy atom. The first-order chi connectivity index (χ1) is 10.1. The fourth-order valence-electron chi connectivity index (χ4n) is 2.15. The molecule has 1 aromatic carbocycles. The molecule has 5 heteroatoms. The summed E-state index contributed by atoms with van der Waals surface area (Å²) in [6.07, 6.45) is 1.47. The van der Waals surface area contributed by atoms with Gasteiger partial charge in [-0.05, 0) is 30.3 Å². The van der Waals surface area contributed by atoms with Gasteiger partial charge < -0.3 is 9.15 Å². The minimum Gasteiger partial charge on any atom is -0.463 e. The van der Waals surface area contributed by atoms with Gasteiger partial charge in [-0.3, -0.25) is 4.90 Å². The summed E-state index contributed by atoms with van der Waals surface area (Å²) >= 11 is 0. The highest BCUT2D eigenvalue weighted by atomic mass is 19.1. The summed E-state index contributed by atoms with van der Waals surface area (Å²) in [6.45, 7) is 3.91. The van der Waals surface area contributed by atoms with Crippen LogP contribution in [0.3, 0.4) is 0 Å². The van der Waals surface area contributed by atoms with E-state index in [0.717, 1.165) is 17.7 Å². The summed E-state index contributed by atoms with van der Waals surface area (Å²) in [4.78, 5) is 13.7. The third-order valence-electron chi connectivity index (χ3n) is 3.25. The summed E-state index contributed by atoms with van der Waals surface area (Å²) < 4.78 is 23.1. The maximum Gasteiger partial charge on any atom is 0.374 e. The second-order valence-corrected chi connectivity index (χ2v) is 4.70. The molecule has 4 nitrogen and oxygen atoms in total. The van der Waals surface area contributed by atoms with Crippen LogP contribution in [0.2, 0.25) is 0 Å². The number of ether oxygens (including phenoxy) is 1. The molecule has 0 radical (unpaired) electrons. The molecule has 0 spiro atoms. The van der Waals surface area contributed by atoms with Crippen LogP contribution in [0, 0.1) is 5.82 Å². The van der Waals surface area contributed by atoms with Gasteiger partial charge in [0.25, 0.3) is 0 Å². The average molecular weight is 291 g/mol. The van der Waals surface area contributed by atoms with E-state index in [-0.39, 0.29) is 11.6 Å². The van der Waals surface area contributed by atoms with Gasteiger partial charge in [0.2, 0.25) is 5.76 Å². The Kier molecular flexibility index (Phi) is 5.11. The Labute approximate surface area is 123 Å². The van der Waals surface area contributed by atoms with Crippen molar-refractivity contribution in [2.24, 2.45) is 0 Å². The molecule has 0 saturated carbocycles. The molecule has 0 fully saturated rings. The van der Waals surface area contributed by atoms with E-state index >= 15 is 0 Å². The number of halogens is 1. The Morgan fingerprint density at radius 2 is 2.14 bits per heavy atom. The lowest BCUT2D eigenvalue weighted by Crippen LogP contribution is -2.23. The molecule has 0 unspecified atom stereocenters. The van der Waals surface area contributed by atoms with Crippen molar-refractivity contribution in [1.29, 1.82) is 0 Å². The van der Waals surface area contributed by atoms with Gasteiger partial charge in [-0.1, -0.05) is 19.1 Å². The molecule has 1 heterocycles. The minimum atomic E-state index is -0.489. The zero-order chi connectivity index (χ0) is 15.2. The topological polar surface area (TPSA) is 42.7 Å². The maximum absolute atomic E-state index is 13.2. The highest BCUT2D eigenvalue weighted by Crippen LogP contribution is 2.16. The molecule has 1 aromatic heterocycles. The number of furan rings is 1. The van der Waals surface area contributed by atoms with E-state index in [4.69, 9.17) is 4.42 Å². The normalized spacial score (nSPS) is 10.9. The van der Waals surface area contributed by atoms with Crippen LogP contribution < -0.4 is 0 Å². The van der Waals surface area contributed by atoms with Crippen molar-refractivity contribution in [2.45, 2.75) is 20.0 Å². The fourth-order valence-corrected chi connectivity index (χ4v) is 2.15. The van der Waals surface area contributed by atoms with Crippen molar-refractivity contribution < 1.29 is 18.3 Å². The number of hydrogen-bond donors (Lipinski definition) is 0. The third kappa shape index (κ3) is 3.92. The molecule has 0 saturated heterocycles. The lowest BCUT2D eigenvalue weighted by Gasteiger charge is -2.20. The first-order valence-electron chi connectivity index (χ1n) is 6.75. The molecule has 0 atom stereocenters. The van der Waals surface area contributed by atoms with Crippen LogP contribution in [0.15, 0.2) is 41.0 Å². The van der Waals surface area contributed by atoms with E-state index in [1.165, 1.54) is 25.5 Å². The molecule has 2 rings (SSSR count). The van der Waals surface area contributed by atoms with Gasteiger partial charge in [0, 0.05) is 18.7 Å². The van der Waals surface area contributed by atoms with E-state index in [9.17, 15) is 9.18 Å². The minimum absolute atomic E-state index is 0.218. The van der Waals surface area contributed by atoms with E-state index in [0.29, 0.717) is 13.1 Å². The highest BCUT2D eigenvalue weighted by Gasteiger charge is 2.17. The average Bonchev–Trinajstić information content (AvgIpc) is 2.94. The van der Waals surface area contributed by atoms with Gasteiger partial charge in [0.05, 0.1) is 13.4 Å². The predicted molar refractivity (Wildman–Crippen MR) is 76.2 cm³/mol. The predicted octanol–water partition coefficient (Wildman–Crippen LogP) is 3.23. The van der Waals surface area contributed by atoms with Gasteiger partial charge in [0.15, 0.2) is 0 Å². The van der Waals surface area contributed by atoms with Crippen LogP contribution in [0.5, 0.6) is 0 Å². The largest absolute Gasteiger partial charge is 0.463 e. The van der Waals surface area contributed by atoms with E-state index in [1.54, 1.807) is 12.1 Å². The molecule has 0 aliphatic carbocycles. The second-order valence-electron chi connectivity index (χ2n) is 4.70. The molecule has 0 aliphatic heterocycles. The zero-order valence-corrected chi connectivity index (χ0v) is 12.1. The van der Waals surface area contributed by atoms with Crippen LogP contribution in [-0.2, 0) is 17.8 Å². The van der Waals surface area contributed by atoms with Crippen molar-refractivity contribution >= 4 is 5.97 Å². The lowest BCUT2D eigenvalue weighted by molar-refractivity contribution is 0.0561. The number of benzene rings is 1. The summed E-state index contributed by atoms with van der Waals surface area (Å²) in [6, 6.07) is 8.25. The van der Waals surface area contributed by atoms with Crippen molar-refractivity contribution in [3.8, 4) is 0 Å². The molecular weight excluding hydrogens is 273 g/mol. The molecule has 21 heavy (non-hydrogen) atoms. The number of methoxy groups -OCH3 is 1. The van der Waals surface area contributed by atoms with Crippen molar-refractivity contribution in [2.75, 3.05) is 13.7 Å². The Hall–Kier alpha value is -2.14. The van der Waals surface area contributed by atoms with Crippen LogP contribution in [0.4, 0.5) is 4.39 Å². The number of carbonyl (C=O) groups excluding carboxylic acids is 1. The number of hydrogen-bond acceptors (Lipinski definition) is 4. The highest BCUT2D eigenvalue weighted by molar-refractivity contribution is 5.87. The first kappa shape index (κ1) is 15.3. The van der Waals surface area contributed by atoms with Gasteiger partial charge in [-0.2, -0.15) is 0 Å². The van der Waals surface area contributed by atoms with Crippen molar-refractivity contribution in [3.05, 3.63) is 59.3 Å². The monoisotopic (exact) mass is 291 g/mol. The summed E-state index contributed by atoms with van der Waals surface area (Å²) in [7, 11) is 1.32. The van der Waals surface area contributed by atoms with Crippen molar-refractivity contribution in [3.63, 3.8) is 0 Å². The number of carbonyl (C=O) groups is 1. The molecular formula is C16H18FNO3.